The summed E-state index contributed by atoms with van der Waals surface area (Å²) < 4.78 is 0. The van der Waals surface area contributed by atoms with E-state index in [1.807, 2.05) is 35.4 Å². The number of nitrogens with one attached hydrogen (secondary N) is 1. The van der Waals surface area contributed by atoms with Gasteiger partial charge in [0, 0.05) is 72.6 Å². The number of amides is 1. The molecule has 1 aromatic heterocycles. The van der Waals surface area contributed by atoms with Gasteiger partial charge in [-0.1, -0.05) is 12.1 Å². The van der Waals surface area contributed by atoms with Crippen LogP contribution in [-0.4, -0.2) is 41.1 Å². The van der Waals surface area contributed by atoms with Gasteiger partial charge in [0.1, 0.15) is 0 Å². The van der Waals surface area contributed by atoms with Crippen LogP contribution >= 0.6 is 0 Å². The quantitative estimate of drug-likeness (QED) is 0.904. The molecule has 3 N–H and O–H groups in total. The fourth-order valence-electron chi connectivity index (χ4n) is 3.46. The highest BCUT2D eigenvalue weighted by molar-refractivity contribution is 6.09. The van der Waals surface area contributed by atoms with Crippen molar-refractivity contribution in [1.82, 2.24) is 9.88 Å². The molecule has 1 amide bonds. The monoisotopic (exact) mass is 336 g/mol. The van der Waals surface area contributed by atoms with Crippen molar-refractivity contribution in [1.29, 1.82) is 0 Å². The molecule has 4 rings (SSSR count). The first-order chi connectivity index (χ1) is 12.1. The number of rotatable bonds is 3. The van der Waals surface area contributed by atoms with Crippen LogP contribution in [0.25, 0.3) is 16.6 Å². The lowest BCUT2D eigenvalue weighted by Crippen LogP contribution is -2.40. The van der Waals surface area contributed by atoms with E-state index >= 15 is 0 Å². The normalized spacial score (nSPS) is 21.8. The van der Waals surface area contributed by atoms with Gasteiger partial charge < -0.3 is 15.6 Å². The molecule has 0 unspecified atom stereocenters. The van der Waals surface area contributed by atoms with Crippen LogP contribution in [-0.2, 0) is 4.79 Å². The average Bonchev–Trinajstić information content (AvgIpc) is 3.33. The van der Waals surface area contributed by atoms with Crippen LogP contribution in [0.5, 0.6) is 0 Å². The molecule has 1 aromatic carbocycles. The van der Waals surface area contributed by atoms with Gasteiger partial charge in [-0.05, 0) is 30.9 Å². The molecule has 2 aromatic rings. The van der Waals surface area contributed by atoms with E-state index in [9.17, 15) is 4.79 Å². The lowest BCUT2D eigenvalue weighted by molar-refractivity contribution is -0.128. The second kappa shape index (κ2) is 6.39. The molecule has 0 spiro atoms. The Morgan fingerprint density at radius 1 is 1.36 bits per heavy atom. The van der Waals surface area contributed by atoms with E-state index in [4.69, 9.17) is 10.7 Å². The van der Waals surface area contributed by atoms with Crippen LogP contribution in [0.1, 0.15) is 31.7 Å². The minimum atomic E-state index is 0.0893. The third-order valence-corrected chi connectivity index (χ3v) is 5.21. The number of aromatic nitrogens is 1. The summed E-state index contributed by atoms with van der Waals surface area (Å²) >= 11 is 0. The predicted molar refractivity (Wildman–Crippen MR) is 101 cm³/mol. The molecule has 1 aliphatic heterocycles. The summed E-state index contributed by atoms with van der Waals surface area (Å²) in [5.74, 6) is 0.834. The Hall–Kier alpha value is -2.56. The molecule has 1 saturated heterocycles. The number of hydrogen-bond donors (Lipinski definition) is 2. The maximum Gasteiger partial charge on any atom is 0.219 e. The highest BCUT2D eigenvalue weighted by Gasteiger charge is 2.26. The number of carbonyl (C=O) groups excluding carboxylic acids is 1. The first-order valence-corrected chi connectivity index (χ1v) is 8.98. The van der Waals surface area contributed by atoms with E-state index in [1.54, 1.807) is 6.92 Å². The first-order valence-electron chi connectivity index (χ1n) is 8.98. The molecule has 2 fully saturated rings. The van der Waals surface area contributed by atoms with E-state index < -0.39 is 0 Å². The fraction of sp³-hybridized carbons (Fsp3) is 0.400. The van der Waals surface area contributed by atoms with Crippen LogP contribution in [0.3, 0.4) is 0 Å². The number of aliphatic imine (C=N–C) groups is 1. The number of carbonyl (C=O) groups is 1. The first kappa shape index (κ1) is 15.9. The summed E-state index contributed by atoms with van der Waals surface area (Å²) in [7, 11) is 0. The van der Waals surface area contributed by atoms with E-state index in [-0.39, 0.29) is 5.91 Å². The molecule has 2 heterocycles. The lowest BCUT2D eigenvalue weighted by Gasteiger charge is -2.30. The highest BCUT2D eigenvalue weighted by Crippen LogP contribution is 2.31. The number of aromatic amines is 1. The Morgan fingerprint density at radius 2 is 2.20 bits per heavy atom. The number of nitrogens with two attached hydrogens (primary N) is 1. The smallest absolute Gasteiger partial charge is 0.219 e. The summed E-state index contributed by atoms with van der Waals surface area (Å²) in [6.45, 7) is 3.78. The van der Waals surface area contributed by atoms with Crippen molar-refractivity contribution >= 4 is 28.2 Å². The second-order valence-electron chi connectivity index (χ2n) is 7.06. The topological polar surface area (TPSA) is 74.5 Å². The summed E-state index contributed by atoms with van der Waals surface area (Å²) in [6, 6.07) is 8.14. The van der Waals surface area contributed by atoms with Crippen molar-refractivity contribution in [3.8, 4) is 0 Å². The van der Waals surface area contributed by atoms with Gasteiger partial charge >= 0.3 is 0 Å². The zero-order chi connectivity index (χ0) is 17.4. The van der Waals surface area contributed by atoms with Gasteiger partial charge in [0.25, 0.3) is 0 Å². The fourth-order valence-corrected chi connectivity index (χ4v) is 3.46. The number of likely N-dealkylation sites (tertiary alicyclic amines) is 1. The molecule has 5 nitrogen and oxygen atoms in total. The third kappa shape index (κ3) is 3.18. The van der Waals surface area contributed by atoms with Crippen molar-refractivity contribution in [2.45, 2.75) is 26.2 Å². The molecule has 1 aliphatic carbocycles. The van der Waals surface area contributed by atoms with Crippen molar-refractivity contribution < 1.29 is 4.79 Å². The van der Waals surface area contributed by atoms with Crippen LogP contribution in [0.2, 0.25) is 0 Å². The summed E-state index contributed by atoms with van der Waals surface area (Å²) in [6.07, 6.45) is 5.28. The van der Waals surface area contributed by atoms with Gasteiger partial charge in [0.05, 0.1) is 0 Å². The van der Waals surface area contributed by atoms with Crippen molar-refractivity contribution in [2.24, 2.45) is 16.6 Å². The molecular formula is C20H24N4O. The van der Waals surface area contributed by atoms with E-state index in [0.29, 0.717) is 6.54 Å². The summed E-state index contributed by atoms with van der Waals surface area (Å²) in [5, 5.41) is 1.11. The maximum atomic E-state index is 11.9. The van der Waals surface area contributed by atoms with Crippen LogP contribution in [0, 0.1) is 5.92 Å². The molecule has 0 radical (unpaired) electrons. The number of H-pyrrole nitrogens is 1. The summed E-state index contributed by atoms with van der Waals surface area (Å²) in [4.78, 5) is 21.8. The molecule has 2 aliphatic rings. The number of fused-ring (bicyclic) bond motifs is 1. The number of benzene rings is 1. The van der Waals surface area contributed by atoms with Gasteiger partial charge in [0.15, 0.2) is 0 Å². The van der Waals surface area contributed by atoms with Gasteiger partial charge in [-0.2, -0.15) is 0 Å². The molecule has 130 valence electrons. The van der Waals surface area contributed by atoms with Gasteiger partial charge in [0.2, 0.25) is 5.91 Å². The molecular weight excluding hydrogens is 312 g/mol. The van der Waals surface area contributed by atoms with Gasteiger partial charge in [-0.15, -0.1) is 0 Å². The van der Waals surface area contributed by atoms with Gasteiger partial charge in [-0.3, -0.25) is 9.79 Å². The van der Waals surface area contributed by atoms with Crippen molar-refractivity contribution in [2.75, 3.05) is 19.6 Å². The van der Waals surface area contributed by atoms with Gasteiger partial charge in [-0.25, -0.2) is 0 Å². The Balaban J connectivity index is 1.77. The summed E-state index contributed by atoms with van der Waals surface area (Å²) in [5.41, 5.74) is 11.5. The van der Waals surface area contributed by atoms with Crippen molar-refractivity contribution in [3.63, 3.8) is 0 Å². The van der Waals surface area contributed by atoms with Crippen LogP contribution in [0.4, 0.5) is 0 Å². The minimum Gasteiger partial charge on any atom is -0.398 e. The number of hydrogen-bond acceptors (Lipinski definition) is 3. The second-order valence-corrected chi connectivity index (χ2v) is 7.06. The lowest BCUT2D eigenvalue weighted by atomic mass is 9.95. The zero-order valence-corrected chi connectivity index (χ0v) is 14.6. The molecule has 25 heavy (non-hydrogen) atoms. The van der Waals surface area contributed by atoms with Crippen LogP contribution in [0.15, 0.2) is 41.0 Å². The minimum absolute atomic E-state index is 0.0893. The Morgan fingerprint density at radius 3 is 2.96 bits per heavy atom. The zero-order valence-electron chi connectivity index (χ0n) is 14.6. The largest absolute Gasteiger partial charge is 0.398 e. The van der Waals surface area contributed by atoms with E-state index in [2.05, 4.69) is 4.98 Å². The number of piperidine rings is 1. The maximum absolute atomic E-state index is 11.9. The Kier molecular flexibility index (Phi) is 4.07. The Bertz CT molecular complexity index is 873. The molecule has 1 saturated carbocycles. The SMILES string of the molecule is CC(=O)N1CCC(=NCC2CC2)C(=C(N)c2cccc3[nH]ccc23)C1. The third-order valence-electron chi connectivity index (χ3n) is 5.21. The average molecular weight is 336 g/mol. The van der Waals surface area contributed by atoms with Crippen molar-refractivity contribution in [3.05, 3.63) is 41.6 Å². The van der Waals surface area contributed by atoms with Crippen LogP contribution < -0.4 is 5.73 Å². The number of nitrogens with zero attached hydrogens (tertiary/aromatic N) is 2. The van der Waals surface area contributed by atoms with E-state index in [1.165, 1.54) is 12.8 Å². The molecule has 5 heteroatoms. The molecule has 0 atom stereocenters. The highest BCUT2D eigenvalue weighted by atomic mass is 16.2. The molecule has 0 bridgehead atoms. The Labute approximate surface area is 147 Å². The predicted octanol–water partition coefficient (Wildman–Crippen LogP) is 2.94. The standard InChI is InChI=1S/C20H24N4O/c1-13(25)24-10-8-19(23-11-14-5-6-14)17(12-24)20(21)16-3-2-4-18-15(16)7-9-22-18/h2-4,7,9,14,22H,5-6,8,10-12,21H2,1H3. The van der Waals surface area contributed by atoms with E-state index in [0.717, 1.165) is 58.9 Å².